The number of carbonyl (C=O) groups is 6. The van der Waals surface area contributed by atoms with Crippen molar-refractivity contribution in [1.29, 1.82) is 0 Å². The van der Waals surface area contributed by atoms with Crippen LogP contribution in [0.4, 0.5) is 14.4 Å². The molecule has 480 valence electrons. The zero-order valence-electron chi connectivity index (χ0n) is 54.1. The summed E-state index contributed by atoms with van der Waals surface area (Å²) >= 11 is 0. The maximum atomic E-state index is 12.6. The molecule has 12 nitrogen and oxygen atoms in total. The van der Waals surface area contributed by atoms with Gasteiger partial charge in [-0.3, -0.25) is 14.4 Å². The number of unbranched alkanes of at least 4 members (excludes halogenated alkanes) is 3. The Morgan fingerprint density at radius 2 is 0.690 bits per heavy atom. The van der Waals surface area contributed by atoms with Gasteiger partial charge in [-0.05, 0) is 138 Å². The first-order chi connectivity index (χ1) is 37.9. The fraction of sp³-hybridized carbons (Fsp3) is 0.667. The first-order valence-electron chi connectivity index (χ1n) is 31.0. The molecule has 6 N–H and O–H groups in total. The molecule has 0 aliphatic rings. The molecule has 0 spiro atoms. The topological polar surface area (TPSA) is 175 Å². The van der Waals surface area contributed by atoms with Crippen LogP contribution in [0.15, 0.2) is 72.8 Å². The molecule has 0 aliphatic heterocycles. The largest absolute Gasteiger partial charge is 0.336 e. The molecule has 3 aromatic carbocycles. The minimum absolute atomic E-state index is 0. The van der Waals surface area contributed by atoms with Crippen LogP contribution in [-0.2, 0) is 16.2 Å². The van der Waals surface area contributed by atoms with E-state index >= 15 is 0 Å². The Kier molecular flexibility index (Phi) is 42.5. The second kappa shape index (κ2) is 43.2. The van der Waals surface area contributed by atoms with Crippen molar-refractivity contribution < 1.29 is 28.8 Å². The summed E-state index contributed by atoms with van der Waals surface area (Å²) in [6, 6.07) is 24.5. The number of urea groups is 3. The standard InChI is InChI=1S/3C23H38N2O2.3CH4/c1-7-12-17(2)24-22(27)25-18(3)13-8-11-16-21(26)19-14-9-10-15-20(19)23(4,5)6;1-7-11-17(2)24-22(27)25-18(3)12-8-9-15-21(26)19-13-10-14-20(16-19)23(4,5)6;1-7-10-17(2)24-22(27)25-18(3)11-8-9-12-21(26)19-13-15-20(16-14-19)23(4,5)6;;;/h9-10,14-15,17-18H,7-8,11-13,16H2,1-6H3,(H2,24,25,27);10,13-14,16-18H,7-9,11-12,15H2,1-6H3,(H2,24,25,27);13-18H,7-12H2,1-6H3,(H2,24,25,27);3*1H4. The van der Waals surface area contributed by atoms with E-state index in [0.717, 1.165) is 119 Å². The summed E-state index contributed by atoms with van der Waals surface area (Å²) in [4.78, 5) is 73.1. The van der Waals surface area contributed by atoms with Gasteiger partial charge < -0.3 is 31.9 Å². The second-order valence-corrected chi connectivity index (χ2v) is 26.1. The SMILES string of the molecule is C.C.C.CCCC(C)NC(=O)NC(C)CCCCC(=O)c1ccc(C(C)(C)C)cc1.CCCC(C)NC(=O)NC(C)CCCCC(=O)c1cccc(C(C)(C)C)c1.CCCC(C)NC(=O)NC(C)CCCCC(=O)c1ccccc1C(C)(C)C. The zero-order valence-corrected chi connectivity index (χ0v) is 54.1. The molecule has 0 saturated carbocycles. The van der Waals surface area contributed by atoms with Gasteiger partial charge in [0.2, 0.25) is 0 Å². The highest BCUT2D eigenvalue weighted by molar-refractivity contribution is 5.98. The first kappa shape index (κ1) is 82.7. The molecule has 0 radical (unpaired) electrons. The molecule has 84 heavy (non-hydrogen) atoms. The number of amides is 6. The molecular formula is C72H126N6O6. The van der Waals surface area contributed by atoms with Crippen LogP contribution in [0.2, 0.25) is 0 Å². The molecule has 3 rings (SSSR count). The van der Waals surface area contributed by atoms with E-state index in [2.05, 4.69) is 139 Å². The smallest absolute Gasteiger partial charge is 0.315 e. The fourth-order valence-corrected chi connectivity index (χ4v) is 9.53. The van der Waals surface area contributed by atoms with Gasteiger partial charge in [0.1, 0.15) is 0 Å². The summed E-state index contributed by atoms with van der Waals surface area (Å²) < 4.78 is 0. The minimum Gasteiger partial charge on any atom is -0.336 e. The third-order valence-corrected chi connectivity index (χ3v) is 14.5. The Morgan fingerprint density at radius 1 is 0.357 bits per heavy atom. The monoisotopic (exact) mass is 1170 g/mol. The average molecular weight is 1170 g/mol. The normalized spacial score (nSPS) is 13.2. The molecule has 0 fully saturated rings. The van der Waals surface area contributed by atoms with E-state index in [1.807, 2.05) is 90.1 Å². The Morgan fingerprint density at radius 3 is 1.04 bits per heavy atom. The number of carbonyl (C=O) groups excluding carboxylic acids is 6. The lowest BCUT2D eigenvalue weighted by Crippen LogP contribution is -2.44. The number of hydrogen-bond acceptors (Lipinski definition) is 6. The van der Waals surface area contributed by atoms with Crippen LogP contribution in [0.1, 0.15) is 310 Å². The number of ketones is 3. The van der Waals surface area contributed by atoms with Crippen molar-refractivity contribution in [2.24, 2.45) is 0 Å². The summed E-state index contributed by atoms with van der Waals surface area (Å²) in [5, 5.41) is 17.8. The van der Waals surface area contributed by atoms with E-state index in [-0.39, 0.29) is 110 Å². The number of Topliss-reactive ketones (excluding diaryl/α,β-unsaturated/α-hetero) is 3. The van der Waals surface area contributed by atoms with Gasteiger partial charge in [0.15, 0.2) is 17.3 Å². The first-order valence-corrected chi connectivity index (χ1v) is 31.0. The van der Waals surface area contributed by atoms with Crippen molar-refractivity contribution in [2.45, 2.75) is 315 Å². The lowest BCUT2D eigenvalue weighted by atomic mass is 9.82. The molecule has 0 aliphatic carbocycles. The maximum absolute atomic E-state index is 12.6. The number of hydrogen-bond donors (Lipinski definition) is 6. The Balaban J connectivity index is -0.00000115. The van der Waals surface area contributed by atoms with Crippen LogP contribution in [0.3, 0.4) is 0 Å². The lowest BCUT2D eigenvalue weighted by molar-refractivity contribution is 0.0969. The van der Waals surface area contributed by atoms with Gasteiger partial charge in [0.25, 0.3) is 0 Å². The van der Waals surface area contributed by atoms with E-state index in [1.54, 1.807) is 0 Å². The lowest BCUT2D eigenvalue weighted by Gasteiger charge is -2.22. The van der Waals surface area contributed by atoms with E-state index in [1.165, 1.54) is 11.1 Å². The third-order valence-electron chi connectivity index (χ3n) is 14.5. The highest BCUT2D eigenvalue weighted by Crippen LogP contribution is 2.28. The number of nitrogens with one attached hydrogen (secondary N) is 6. The van der Waals surface area contributed by atoms with E-state index < -0.39 is 0 Å². The van der Waals surface area contributed by atoms with Crippen LogP contribution < -0.4 is 31.9 Å². The van der Waals surface area contributed by atoms with Crippen LogP contribution in [0.5, 0.6) is 0 Å². The summed E-state index contributed by atoms with van der Waals surface area (Å²) in [5.41, 5.74) is 6.10. The van der Waals surface area contributed by atoms with Gasteiger partial charge in [0.05, 0.1) is 0 Å². The van der Waals surface area contributed by atoms with Gasteiger partial charge in [-0.2, -0.15) is 0 Å². The maximum Gasteiger partial charge on any atom is 0.315 e. The third kappa shape index (κ3) is 36.4. The van der Waals surface area contributed by atoms with Crippen molar-refractivity contribution in [2.75, 3.05) is 0 Å². The summed E-state index contributed by atoms with van der Waals surface area (Å²) in [5.74, 6) is 0.613. The highest BCUT2D eigenvalue weighted by Gasteiger charge is 2.22. The molecule has 0 bridgehead atoms. The van der Waals surface area contributed by atoms with Gasteiger partial charge in [-0.1, -0.05) is 211 Å². The van der Waals surface area contributed by atoms with Crippen molar-refractivity contribution in [3.8, 4) is 0 Å². The van der Waals surface area contributed by atoms with Crippen LogP contribution in [0, 0.1) is 0 Å². The van der Waals surface area contributed by atoms with E-state index in [9.17, 15) is 28.8 Å². The number of rotatable bonds is 30. The Bertz CT molecular complexity index is 2310. The number of benzene rings is 3. The molecule has 0 aromatic heterocycles. The van der Waals surface area contributed by atoms with Gasteiger partial charge >= 0.3 is 18.1 Å². The zero-order chi connectivity index (χ0) is 61.3. The Labute approximate surface area is 515 Å². The van der Waals surface area contributed by atoms with Crippen molar-refractivity contribution >= 4 is 35.4 Å². The van der Waals surface area contributed by atoms with Crippen molar-refractivity contribution in [3.05, 3.63) is 106 Å². The van der Waals surface area contributed by atoms with E-state index in [0.29, 0.717) is 19.3 Å². The molecular weight excluding hydrogens is 1040 g/mol. The molecule has 6 atom stereocenters. The summed E-state index contributed by atoms with van der Waals surface area (Å²) in [6.45, 7) is 37.8. The van der Waals surface area contributed by atoms with Crippen LogP contribution >= 0.6 is 0 Å². The highest BCUT2D eigenvalue weighted by atomic mass is 16.2. The molecule has 12 heteroatoms. The molecule has 6 unspecified atom stereocenters. The predicted molar refractivity (Wildman–Crippen MR) is 361 cm³/mol. The molecule has 0 heterocycles. The quantitative estimate of drug-likeness (QED) is 0.0286. The van der Waals surface area contributed by atoms with Crippen molar-refractivity contribution in [3.63, 3.8) is 0 Å². The molecule has 6 amide bonds. The Hall–Kier alpha value is -5.52. The molecule has 3 aromatic rings. The van der Waals surface area contributed by atoms with Crippen molar-refractivity contribution in [1.82, 2.24) is 31.9 Å². The second-order valence-electron chi connectivity index (χ2n) is 26.1. The fourth-order valence-electron chi connectivity index (χ4n) is 9.53. The minimum atomic E-state index is -0.0986. The van der Waals surface area contributed by atoms with Gasteiger partial charge in [-0.25, -0.2) is 14.4 Å². The predicted octanol–water partition coefficient (Wildman–Crippen LogP) is 18.7. The van der Waals surface area contributed by atoms with Crippen LogP contribution in [0.25, 0.3) is 0 Å². The molecule has 0 saturated heterocycles. The van der Waals surface area contributed by atoms with Gasteiger partial charge in [0, 0.05) is 72.2 Å². The van der Waals surface area contributed by atoms with Crippen LogP contribution in [-0.4, -0.2) is 71.7 Å². The van der Waals surface area contributed by atoms with Gasteiger partial charge in [-0.15, -0.1) is 0 Å². The average Bonchev–Trinajstić information content (AvgIpc) is 3.45. The summed E-state index contributed by atoms with van der Waals surface area (Å²) in [6.07, 6.45) is 15.8. The summed E-state index contributed by atoms with van der Waals surface area (Å²) in [7, 11) is 0. The van der Waals surface area contributed by atoms with E-state index in [4.69, 9.17) is 0 Å².